The number of carboxylic acid groups (broad SMARTS) is 1. The van der Waals surface area contributed by atoms with Crippen molar-refractivity contribution in [2.24, 2.45) is 0 Å². The number of aromatic nitrogens is 4. The Balaban J connectivity index is 1.79. The zero-order chi connectivity index (χ0) is 19.0. The molecule has 4 atom stereocenters. The topological polar surface area (TPSA) is 203 Å². The van der Waals surface area contributed by atoms with Crippen LogP contribution in [0, 0.1) is 0 Å². The van der Waals surface area contributed by atoms with Crippen molar-refractivity contribution >= 4 is 29.1 Å². The molecule has 1 aliphatic heterocycles. The molecule has 1 aliphatic rings. The molecule has 0 aliphatic carbocycles. The second kappa shape index (κ2) is 6.70. The van der Waals surface area contributed by atoms with Crippen molar-refractivity contribution < 1.29 is 34.4 Å². The van der Waals surface area contributed by atoms with E-state index in [-0.39, 0.29) is 17.1 Å². The first kappa shape index (κ1) is 17.8. The predicted octanol–water partition coefficient (Wildman–Crippen LogP) is -2.66. The molecule has 0 spiro atoms. The zero-order valence-corrected chi connectivity index (χ0v) is 13.1. The third-order valence-electron chi connectivity index (χ3n) is 3.77. The van der Waals surface area contributed by atoms with Gasteiger partial charge in [0.2, 0.25) is 5.95 Å². The number of ether oxygens (including phenoxy) is 2. The average molecular weight is 369 g/mol. The number of anilines is 1. The highest BCUT2D eigenvalue weighted by Gasteiger charge is 2.45. The van der Waals surface area contributed by atoms with E-state index in [2.05, 4.69) is 15.0 Å². The molecule has 3 rings (SSSR count). The van der Waals surface area contributed by atoms with Crippen LogP contribution < -0.4 is 11.3 Å². The number of nitrogens with zero attached hydrogens (tertiary/aromatic N) is 3. The van der Waals surface area contributed by atoms with Gasteiger partial charge in [0.25, 0.3) is 5.56 Å². The number of carboxylic acids is 1. The summed E-state index contributed by atoms with van der Waals surface area (Å²) in [5.74, 6) is -2.55. The monoisotopic (exact) mass is 369 g/mol. The Labute approximate surface area is 144 Å². The number of nitrogens with two attached hydrogens (primary N) is 1. The molecule has 26 heavy (non-hydrogen) atoms. The maximum absolute atomic E-state index is 11.8. The van der Waals surface area contributed by atoms with Gasteiger partial charge in [0.15, 0.2) is 17.4 Å². The summed E-state index contributed by atoms with van der Waals surface area (Å²) < 4.78 is 11.4. The minimum Gasteiger partial charge on any atom is -0.481 e. The van der Waals surface area contributed by atoms with E-state index in [1.807, 2.05) is 0 Å². The lowest BCUT2D eigenvalue weighted by Gasteiger charge is -2.16. The van der Waals surface area contributed by atoms with E-state index in [9.17, 15) is 24.6 Å². The standard InChI is InChI=1S/C13H15N5O8/c14-13-16-10-7(11(24)17-13)15-3-18(10)12-9(23)8(22)4(26-12)2-25-6(21)1-5(19)20/h3-4,8-9,12,22-23H,1-2H2,(H,19,20)(H3,14,16,17,24)/t4-,8-,9-,12-/m1/s1. The first-order valence-electron chi connectivity index (χ1n) is 7.39. The zero-order valence-electron chi connectivity index (χ0n) is 13.1. The molecule has 0 aromatic carbocycles. The number of aromatic amines is 1. The number of carbonyl (C=O) groups is 2. The molecule has 13 heteroatoms. The molecule has 0 bridgehead atoms. The first-order chi connectivity index (χ1) is 12.3. The van der Waals surface area contributed by atoms with Crippen molar-refractivity contribution in [3.05, 3.63) is 16.7 Å². The van der Waals surface area contributed by atoms with Gasteiger partial charge in [-0.15, -0.1) is 0 Å². The van der Waals surface area contributed by atoms with Crippen molar-refractivity contribution in [2.45, 2.75) is 31.0 Å². The number of hydrogen-bond acceptors (Lipinski definition) is 10. The molecule has 2 aromatic rings. The summed E-state index contributed by atoms with van der Waals surface area (Å²) >= 11 is 0. The average Bonchev–Trinajstić information content (AvgIpc) is 3.08. The Morgan fingerprint density at radius 1 is 1.38 bits per heavy atom. The summed E-state index contributed by atoms with van der Waals surface area (Å²) in [6.07, 6.45) is -4.83. The van der Waals surface area contributed by atoms with Gasteiger partial charge in [-0.25, -0.2) is 4.98 Å². The van der Waals surface area contributed by atoms with E-state index in [1.54, 1.807) is 0 Å². The van der Waals surface area contributed by atoms with E-state index >= 15 is 0 Å². The molecular formula is C13H15N5O8. The number of fused-ring (bicyclic) bond motifs is 1. The molecule has 0 unspecified atom stereocenters. The van der Waals surface area contributed by atoms with E-state index < -0.39 is 55.1 Å². The lowest BCUT2D eigenvalue weighted by Crippen LogP contribution is -2.34. The Hall–Kier alpha value is -3.03. The summed E-state index contributed by atoms with van der Waals surface area (Å²) in [6.45, 7) is -0.469. The molecule has 3 heterocycles. The van der Waals surface area contributed by atoms with Crippen molar-refractivity contribution in [3.8, 4) is 0 Å². The molecule has 0 amide bonds. The minimum atomic E-state index is -1.45. The second-order valence-corrected chi connectivity index (χ2v) is 5.58. The summed E-state index contributed by atoms with van der Waals surface area (Å²) in [4.78, 5) is 43.6. The van der Waals surface area contributed by atoms with E-state index in [4.69, 9.17) is 20.3 Å². The number of carbonyl (C=O) groups excluding carboxylic acids is 1. The lowest BCUT2D eigenvalue weighted by molar-refractivity contribution is -0.155. The number of hydrogen-bond donors (Lipinski definition) is 5. The highest BCUT2D eigenvalue weighted by Crippen LogP contribution is 2.31. The molecule has 1 saturated heterocycles. The maximum Gasteiger partial charge on any atom is 0.317 e. The van der Waals surface area contributed by atoms with Crippen LogP contribution in [0.5, 0.6) is 0 Å². The first-order valence-corrected chi connectivity index (χ1v) is 7.39. The van der Waals surface area contributed by atoms with Crippen molar-refractivity contribution in [1.29, 1.82) is 0 Å². The normalized spacial score (nSPS) is 25.5. The van der Waals surface area contributed by atoms with Gasteiger partial charge in [0.05, 0.1) is 6.33 Å². The van der Waals surface area contributed by atoms with Crippen molar-refractivity contribution in [2.75, 3.05) is 12.3 Å². The highest BCUT2D eigenvalue weighted by atomic mass is 16.6. The van der Waals surface area contributed by atoms with Crippen LogP contribution >= 0.6 is 0 Å². The number of nitrogen functional groups attached to an aromatic ring is 1. The number of rotatable bonds is 5. The van der Waals surface area contributed by atoms with Crippen LogP contribution in [0.4, 0.5) is 5.95 Å². The third-order valence-corrected chi connectivity index (χ3v) is 3.77. The van der Waals surface area contributed by atoms with Gasteiger partial charge in [-0.05, 0) is 0 Å². The van der Waals surface area contributed by atoms with E-state index in [0.717, 1.165) is 0 Å². The summed E-state index contributed by atoms with van der Waals surface area (Å²) in [5, 5.41) is 28.8. The van der Waals surface area contributed by atoms with Gasteiger partial charge in [-0.3, -0.25) is 23.9 Å². The van der Waals surface area contributed by atoms with Crippen LogP contribution in [0.1, 0.15) is 12.6 Å². The molecule has 13 nitrogen and oxygen atoms in total. The van der Waals surface area contributed by atoms with Crippen LogP contribution in [0.15, 0.2) is 11.1 Å². The minimum absolute atomic E-state index is 0.0334. The van der Waals surface area contributed by atoms with E-state index in [0.29, 0.717) is 0 Å². The van der Waals surface area contributed by atoms with Crippen LogP contribution in [-0.2, 0) is 19.1 Å². The Morgan fingerprint density at radius 3 is 2.81 bits per heavy atom. The highest BCUT2D eigenvalue weighted by molar-refractivity contribution is 5.90. The fraction of sp³-hybridized carbons (Fsp3) is 0.462. The van der Waals surface area contributed by atoms with Gasteiger partial charge >= 0.3 is 11.9 Å². The fourth-order valence-electron chi connectivity index (χ4n) is 2.58. The molecule has 6 N–H and O–H groups in total. The Morgan fingerprint density at radius 2 is 2.12 bits per heavy atom. The quantitative estimate of drug-likeness (QED) is 0.272. The number of aliphatic hydroxyl groups excluding tert-OH is 2. The predicted molar refractivity (Wildman–Crippen MR) is 81.7 cm³/mol. The summed E-state index contributed by atoms with van der Waals surface area (Å²) in [6, 6.07) is 0. The molecular weight excluding hydrogens is 354 g/mol. The third kappa shape index (κ3) is 3.22. The number of nitrogens with one attached hydrogen (secondary N) is 1. The number of aliphatic carboxylic acids is 1. The maximum atomic E-state index is 11.8. The summed E-state index contributed by atoms with van der Waals surface area (Å²) in [5.41, 5.74) is 4.90. The molecule has 140 valence electrons. The van der Waals surface area contributed by atoms with Crippen LogP contribution in [0.25, 0.3) is 11.2 Å². The molecule has 0 radical (unpaired) electrons. The molecule has 2 aromatic heterocycles. The largest absolute Gasteiger partial charge is 0.481 e. The number of aliphatic hydroxyl groups is 2. The lowest BCUT2D eigenvalue weighted by atomic mass is 10.1. The Kier molecular flexibility index (Phi) is 4.58. The van der Waals surface area contributed by atoms with Gasteiger partial charge in [0, 0.05) is 0 Å². The fourth-order valence-corrected chi connectivity index (χ4v) is 2.58. The van der Waals surface area contributed by atoms with Gasteiger partial charge < -0.3 is 30.5 Å². The summed E-state index contributed by atoms with van der Waals surface area (Å²) in [7, 11) is 0. The Bertz CT molecular complexity index is 908. The smallest absolute Gasteiger partial charge is 0.317 e. The van der Waals surface area contributed by atoms with Crippen LogP contribution in [-0.4, -0.2) is 71.7 Å². The number of H-pyrrole nitrogens is 1. The second-order valence-electron chi connectivity index (χ2n) is 5.58. The van der Waals surface area contributed by atoms with Crippen LogP contribution in [0.3, 0.4) is 0 Å². The van der Waals surface area contributed by atoms with Gasteiger partial charge in [-0.1, -0.05) is 0 Å². The molecule has 0 saturated carbocycles. The van der Waals surface area contributed by atoms with Crippen molar-refractivity contribution in [1.82, 2.24) is 19.5 Å². The number of esters is 1. The molecule has 1 fully saturated rings. The van der Waals surface area contributed by atoms with Gasteiger partial charge in [0.1, 0.15) is 31.3 Å². The number of imidazole rings is 1. The van der Waals surface area contributed by atoms with Gasteiger partial charge in [-0.2, -0.15) is 4.98 Å². The van der Waals surface area contributed by atoms with E-state index in [1.165, 1.54) is 10.9 Å². The van der Waals surface area contributed by atoms with Crippen LogP contribution in [0.2, 0.25) is 0 Å². The SMILES string of the molecule is Nc1nc2c(ncn2[C@@H]2O[C@H](COC(=O)CC(=O)O)[C@@H](O)[C@H]2O)c(=O)[nH]1. The van der Waals surface area contributed by atoms with Crippen molar-refractivity contribution in [3.63, 3.8) is 0 Å².